The summed E-state index contributed by atoms with van der Waals surface area (Å²) in [6.45, 7) is 0. The van der Waals surface area contributed by atoms with Crippen LogP contribution in [-0.2, 0) is 0 Å². The molecule has 2 aromatic rings. The Bertz CT molecular complexity index is 608. The third-order valence-corrected chi connectivity index (χ3v) is 3.30. The van der Waals surface area contributed by atoms with Crippen LogP contribution in [0.2, 0.25) is 5.02 Å². The molecule has 0 unspecified atom stereocenters. The number of hydrogen-bond donors (Lipinski definition) is 2. The number of halogens is 3. The lowest BCUT2D eigenvalue weighted by molar-refractivity contribution is 0.102. The van der Waals surface area contributed by atoms with Gasteiger partial charge in [0, 0.05) is 10.0 Å². The van der Waals surface area contributed by atoms with E-state index in [2.05, 4.69) is 21.2 Å². The molecule has 0 fully saturated rings. The molecule has 2 N–H and O–H groups in total. The van der Waals surface area contributed by atoms with Crippen molar-refractivity contribution in [3.05, 3.63) is 57.3 Å². The average molecular weight is 345 g/mol. The van der Waals surface area contributed by atoms with Crippen molar-refractivity contribution >= 4 is 39.1 Å². The van der Waals surface area contributed by atoms with Crippen molar-refractivity contribution in [1.82, 2.24) is 0 Å². The molecule has 0 aromatic heterocycles. The van der Waals surface area contributed by atoms with Crippen LogP contribution in [-0.4, -0.2) is 11.0 Å². The molecule has 98 valence electrons. The molecule has 2 rings (SSSR count). The molecule has 0 aliphatic heterocycles. The Kier molecular flexibility index (Phi) is 4.07. The number of phenolic OH excluding ortho intramolecular Hbond substituents is 1. The third kappa shape index (κ3) is 3.24. The van der Waals surface area contributed by atoms with Gasteiger partial charge in [-0.05, 0) is 52.3 Å². The smallest absolute Gasteiger partial charge is 0.255 e. The first-order valence-electron chi connectivity index (χ1n) is 5.22. The summed E-state index contributed by atoms with van der Waals surface area (Å²) in [5, 5.41) is 11.8. The van der Waals surface area contributed by atoms with E-state index >= 15 is 0 Å². The quantitative estimate of drug-likeness (QED) is 0.858. The van der Waals surface area contributed by atoms with E-state index in [1.165, 1.54) is 30.3 Å². The highest BCUT2D eigenvalue weighted by molar-refractivity contribution is 9.10. The minimum absolute atomic E-state index is 0.0672. The summed E-state index contributed by atoms with van der Waals surface area (Å²) in [6, 6.07) is 8.05. The van der Waals surface area contributed by atoms with Gasteiger partial charge >= 0.3 is 0 Å². The van der Waals surface area contributed by atoms with Gasteiger partial charge in [0.2, 0.25) is 0 Å². The standard InChI is InChI=1S/C13H8BrClFNO2/c14-10-5-8(16)6-11(15)12(10)17-13(19)7-1-3-9(18)4-2-7/h1-6,18H,(H,17,19). The second kappa shape index (κ2) is 5.59. The average Bonchev–Trinajstić information content (AvgIpc) is 2.34. The summed E-state index contributed by atoms with van der Waals surface area (Å²) in [5.41, 5.74) is 0.645. The molecule has 0 bridgehead atoms. The second-order valence-corrected chi connectivity index (χ2v) is 5.01. The van der Waals surface area contributed by atoms with Crippen molar-refractivity contribution in [1.29, 1.82) is 0 Å². The van der Waals surface area contributed by atoms with E-state index in [4.69, 9.17) is 16.7 Å². The number of benzene rings is 2. The number of phenols is 1. The number of aromatic hydroxyl groups is 1. The summed E-state index contributed by atoms with van der Waals surface area (Å²) >= 11 is 9.00. The minimum Gasteiger partial charge on any atom is -0.508 e. The van der Waals surface area contributed by atoms with E-state index in [-0.39, 0.29) is 10.8 Å². The van der Waals surface area contributed by atoms with E-state index in [0.29, 0.717) is 15.7 Å². The molecule has 19 heavy (non-hydrogen) atoms. The van der Waals surface area contributed by atoms with Gasteiger partial charge in [0.15, 0.2) is 0 Å². The van der Waals surface area contributed by atoms with Gasteiger partial charge in [0.1, 0.15) is 11.6 Å². The van der Waals surface area contributed by atoms with Crippen LogP contribution in [0.3, 0.4) is 0 Å². The minimum atomic E-state index is -0.500. The normalized spacial score (nSPS) is 10.3. The number of rotatable bonds is 2. The van der Waals surface area contributed by atoms with E-state index in [9.17, 15) is 9.18 Å². The van der Waals surface area contributed by atoms with Gasteiger partial charge in [-0.1, -0.05) is 11.6 Å². The van der Waals surface area contributed by atoms with Crippen molar-refractivity contribution in [3.63, 3.8) is 0 Å². The maximum Gasteiger partial charge on any atom is 0.255 e. The topological polar surface area (TPSA) is 49.3 Å². The Labute approximate surface area is 122 Å². The summed E-state index contributed by atoms with van der Waals surface area (Å²) in [5.74, 6) is -0.841. The van der Waals surface area contributed by atoms with E-state index < -0.39 is 11.7 Å². The van der Waals surface area contributed by atoms with Crippen LogP contribution in [0, 0.1) is 5.82 Å². The second-order valence-electron chi connectivity index (χ2n) is 3.75. The predicted molar refractivity (Wildman–Crippen MR) is 75.2 cm³/mol. The summed E-state index contributed by atoms with van der Waals surface area (Å²) < 4.78 is 13.4. The Morgan fingerprint density at radius 2 is 1.89 bits per heavy atom. The zero-order valence-corrected chi connectivity index (χ0v) is 11.8. The highest BCUT2D eigenvalue weighted by atomic mass is 79.9. The molecule has 0 aliphatic rings. The summed E-state index contributed by atoms with van der Waals surface area (Å²) in [4.78, 5) is 11.9. The Morgan fingerprint density at radius 3 is 2.47 bits per heavy atom. The number of anilines is 1. The van der Waals surface area contributed by atoms with Crippen LogP contribution >= 0.6 is 27.5 Å². The molecule has 0 aliphatic carbocycles. The maximum absolute atomic E-state index is 13.1. The van der Waals surface area contributed by atoms with Gasteiger partial charge in [-0.2, -0.15) is 0 Å². The fourth-order valence-corrected chi connectivity index (χ4v) is 2.36. The Morgan fingerprint density at radius 1 is 1.26 bits per heavy atom. The number of hydrogen-bond acceptors (Lipinski definition) is 2. The van der Waals surface area contributed by atoms with Crippen molar-refractivity contribution in [2.45, 2.75) is 0 Å². The van der Waals surface area contributed by atoms with Crippen LogP contribution in [0.15, 0.2) is 40.9 Å². The van der Waals surface area contributed by atoms with Gasteiger partial charge in [-0.25, -0.2) is 4.39 Å². The van der Waals surface area contributed by atoms with Crippen molar-refractivity contribution in [3.8, 4) is 5.75 Å². The van der Waals surface area contributed by atoms with Crippen LogP contribution in [0.4, 0.5) is 10.1 Å². The molecule has 0 spiro atoms. The third-order valence-electron chi connectivity index (χ3n) is 2.37. The van der Waals surface area contributed by atoms with Crippen LogP contribution in [0.1, 0.15) is 10.4 Å². The maximum atomic E-state index is 13.1. The highest BCUT2D eigenvalue weighted by Gasteiger charge is 2.12. The zero-order valence-electron chi connectivity index (χ0n) is 9.45. The van der Waals surface area contributed by atoms with E-state index in [1.807, 2.05) is 0 Å². The van der Waals surface area contributed by atoms with Gasteiger partial charge in [0.25, 0.3) is 5.91 Å². The molecule has 0 atom stereocenters. The monoisotopic (exact) mass is 343 g/mol. The van der Waals surface area contributed by atoms with Crippen molar-refractivity contribution < 1.29 is 14.3 Å². The largest absolute Gasteiger partial charge is 0.508 e. The SMILES string of the molecule is O=C(Nc1c(Cl)cc(F)cc1Br)c1ccc(O)cc1. The predicted octanol–water partition coefficient (Wildman–Crippen LogP) is 4.20. The van der Waals surface area contributed by atoms with Crippen molar-refractivity contribution in [2.75, 3.05) is 5.32 Å². The van der Waals surface area contributed by atoms with Crippen molar-refractivity contribution in [2.24, 2.45) is 0 Å². The number of amides is 1. The lowest BCUT2D eigenvalue weighted by atomic mass is 10.2. The highest BCUT2D eigenvalue weighted by Crippen LogP contribution is 2.32. The van der Waals surface area contributed by atoms with E-state index in [0.717, 1.165) is 6.07 Å². The lowest BCUT2D eigenvalue weighted by Gasteiger charge is -2.09. The summed E-state index contributed by atoms with van der Waals surface area (Å²) in [6.07, 6.45) is 0. The first-order chi connectivity index (χ1) is 8.97. The molecule has 0 radical (unpaired) electrons. The molecule has 0 saturated carbocycles. The fourth-order valence-electron chi connectivity index (χ4n) is 1.46. The first kappa shape index (κ1) is 13.8. The van der Waals surface area contributed by atoms with Crippen LogP contribution in [0.5, 0.6) is 5.75 Å². The van der Waals surface area contributed by atoms with Gasteiger partial charge < -0.3 is 10.4 Å². The summed E-state index contributed by atoms with van der Waals surface area (Å²) in [7, 11) is 0. The fraction of sp³-hybridized carbons (Fsp3) is 0. The van der Waals surface area contributed by atoms with Crippen LogP contribution < -0.4 is 5.32 Å². The molecule has 6 heteroatoms. The lowest BCUT2D eigenvalue weighted by Crippen LogP contribution is -2.12. The molecule has 3 nitrogen and oxygen atoms in total. The Hall–Kier alpha value is -1.59. The van der Waals surface area contributed by atoms with E-state index in [1.54, 1.807) is 0 Å². The van der Waals surface area contributed by atoms with Crippen LogP contribution in [0.25, 0.3) is 0 Å². The van der Waals surface area contributed by atoms with Gasteiger partial charge in [-0.3, -0.25) is 4.79 Å². The molecule has 0 saturated heterocycles. The number of nitrogens with one attached hydrogen (secondary N) is 1. The molecule has 2 aromatic carbocycles. The molecule has 0 heterocycles. The number of carbonyl (C=O) groups is 1. The zero-order chi connectivity index (χ0) is 14.0. The molecule has 1 amide bonds. The van der Waals surface area contributed by atoms with Gasteiger partial charge in [0.05, 0.1) is 10.7 Å². The first-order valence-corrected chi connectivity index (χ1v) is 6.39. The molecular weight excluding hydrogens is 337 g/mol. The number of carbonyl (C=O) groups excluding carboxylic acids is 1. The van der Waals surface area contributed by atoms with Gasteiger partial charge in [-0.15, -0.1) is 0 Å². The molecular formula is C13H8BrClFNO2. The Balaban J connectivity index is 2.26.